The van der Waals surface area contributed by atoms with Crippen molar-refractivity contribution in [2.24, 2.45) is 5.92 Å². The van der Waals surface area contributed by atoms with Crippen LogP contribution in [0.5, 0.6) is 0 Å². The third kappa shape index (κ3) is 3.43. The minimum Gasteiger partial charge on any atom is -0.345 e. The molecule has 1 aliphatic carbocycles. The van der Waals surface area contributed by atoms with Gasteiger partial charge in [-0.15, -0.1) is 0 Å². The van der Waals surface area contributed by atoms with Crippen LogP contribution in [0.15, 0.2) is 48.5 Å². The fourth-order valence-electron chi connectivity index (χ4n) is 2.46. The molecular formula is C17H15FINO. The first-order valence-corrected chi connectivity index (χ1v) is 8.04. The third-order valence-corrected chi connectivity index (χ3v) is 4.61. The van der Waals surface area contributed by atoms with E-state index in [1.165, 1.54) is 12.1 Å². The van der Waals surface area contributed by atoms with E-state index in [0.717, 1.165) is 18.4 Å². The highest BCUT2D eigenvalue weighted by Gasteiger charge is 2.33. The van der Waals surface area contributed by atoms with Crippen LogP contribution in [0.25, 0.3) is 0 Å². The smallest absolute Gasteiger partial charge is 0.252 e. The number of benzene rings is 2. The average molecular weight is 395 g/mol. The monoisotopic (exact) mass is 395 g/mol. The molecule has 0 spiro atoms. The van der Waals surface area contributed by atoms with Crippen molar-refractivity contribution in [1.29, 1.82) is 0 Å². The second kappa shape index (κ2) is 6.13. The normalized spacial score (nSPS) is 15.5. The second-order valence-electron chi connectivity index (χ2n) is 5.32. The lowest BCUT2D eigenvalue weighted by Gasteiger charge is -2.19. The third-order valence-electron chi connectivity index (χ3n) is 3.71. The summed E-state index contributed by atoms with van der Waals surface area (Å²) in [6, 6.07) is 14.3. The highest BCUT2D eigenvalue weighted by atomic mass is 127. The highest BCUT2D eigenvalue weighted by molar-refractivity contribution is 14.1. The van der Waals surface area contributed by atoms with Crippen LogP contribution in [0.4, 0.5) is 4.39 Å². The van der Waals surface area contributed by atoms with Crippen LogP contribution in [-0.2, 0) is 0 Å². The molecule has 1 amide bonds. The highest BCUT2D eigenvalue weighted by Crippen LogP contribution is 2.41. The second-order valence-corrected chi connectivity index (χ2v) is 6.49. The number of carbonyl (C=O) groups is 1. The summed E-state index contributed by atoms with van der Waals surface area (Å²) in [5.41, 5.74) is 1.66. The molecule has 2 nitrogen and oxygen atoms in total. The van der Waals surface area contributed by atoms with Crippen LogP contribution in [0, 0.1) is 15.3 Å². The van der Waals surface area contributed by atoms with Crippen LogP contribution in [-0.4, -0.2) is 5.91 Å². The molecule has 0 heterocycles. The van der Waals surface area contributed by atoms with Gasteiger partial charge in [0.1, 0.15) is 5.82 Å². The Morgan fingerprint density at radius 2 is 1.90 bits per heavy atom. The van der Waals surface area contributed by atoms with E-state index < -0.39 is 0 Å². The average Bonchev–Trinajstić information content (AvgIpc) is 3.30. The Labute approximate surface area is 136 Å². The van der Waals surface area contributed by atoms with Gasteiger partial charge < -0.3 is 5.32 Å². The molecule has 4 heteroatoms. The van der Waals surface area contributed by atoms with Gasteiger partial charge in [-0.3, -0.25) is 4.79 Å². The Bertz CT molecular complexity index is 655. The van der Waals surface area contributed by atoms with E-state index in [1.54, 1.807) is 6.07 Å². The maximum Gasteiger partial charge on any atom is 0.252 e. The van der Waals surface area contributed by atoms with Crippen molar-refractivity contribution < 1.29 is 9.18 Å². The molecule has 1 saturated carbocycles. The zero-order valence-corrected chi connectivity index (χ0v) is 13.5. The molecule has 3 rings (SSSR count). The number of carbonyl (C=O) groups excluding carboxylic acids is 1. The van der Waals surface area contributed by atoms with Crippen LogP contribution < -0.4 is 5.32 Å². The van der Waals surface area contributed by atoms with Crippen LogP contribution in [0.2, 0.25) is 0 Å². The Balaban J connectivity index is 1.81. The summed E-state index contributed by atoms with van der Waals surface area (Å²) in [7, 11) is 0. The molecule has 2 aromatic rings. The molecule has 1 aliphatic rings. The minimum absolute atomic E-state index is 0.0413. The first-order chi connectivity index (χ1) is 10.1. The lowest BCUT2D eigenvalue weighted by Crippen LogP contribution is -2.30. The molecule has 1 atom stereocenters. The zero-order valence-electron chi connectivity index (χ0n) is 11.4. The Morgan fingerprint density at radius 1 is 1.19 bits per heavy atom. The van der Waals surface area contributed by atoms with Crippen molar-refractivity contribution in [2.75, 3.05) is 0 Å². The lowest BCUT2D eigenvalue weighted by atomic mass is 10.0. The summed E-state index contributed by atoms with van der Waals surface area (Å²) in [5, 5.41) is 3.11. The quantitative estimate of drug-likeness (QED) is 0.769. The van der Waals surface area contributed by atoms with Gasteiger partial charge in [0.2, 0.25) is 0 Å². The SMILES string of the molecule is O=C(NC(c1ccccc1)C1CC1)c1ccc(F)cc1I. The van der Waals surface area contributed by atoms with E-state index in [0.29, 0.717) is 15.1 Å². The van der Waals surface area contributed by atoms with Gasteiger partial charge in [-0.05, 0) is 65.1 Å². The van der Waals surface area contributed by atoms with Gasteiger partial charge in [-0.1, -0.05) is 30.3 Å². The zero-order chi connectivity index (χ0) is 14.8. The first-order valence-electron chi connectivity index (χ1n) is 6.96. The molecule has 108 valence electrons. The molecule has 0 bridgehead atoms. The van der Waals surface area contributed by atoms with Crippen molar-refractivity contribution in [3.63, 3.8) is 0 Å². The maximum atomic E-state index is 13.1. The summed E-state index contributed by atoms with van der Waals surface area (Å²) >= 11 is 1.99. The molecule has 0 radical (unpaired) electrons. The summed E-state index contributed by atoms with van der Waals surface area (Å²) in [6.45, 7) is 0. The molecule has 21 heavy (non-hydrogen) atoms. The van der Waals surface area contributed by atoms with E-state index in [9.17, 15) is 9.18 Å². The van der Waals surface area contributed by atoms with Gasteiger partial charge in [0, 0.05) is 3.57 Å². The van der Waals surface area contributed by atoms with Crippen molar-refractivity contribution in [3.05, 3.63) is 69.0 Å². The van der Waals surface area contributed by atoms with E-state index >= 15 is 0 Å². The van der Waals surface area contributed by atoms with Gasteiger partial charge in [0.05, 0.1) is 11.6 Å². The van der Waals surface area contributed by atoms with Crippen LogP contribution in [0.1, 0.15) is 34.8 Å². The van der Waals surface area contributed by atoms with E-state index in [4.69, 9.17) is 0 Å². The Kier molecular flexibility index (Phi) is 4.24. The lowest BCUT2D eigenvalue weighted by molar-refractivity contribution is 0.0930. The minimum atomic E-state index is -0.322. The van der Waals surface area contributed by atoms with Gasteiger partial charge in [0.25, 0.3) is 5.91 Å². The largest absolute Gasteiger partial charge is 0.345 e. The number of hydrogen-bond acceptors (Lipinski definition) is 1. The fourth-order valence-corrected chi connectivity index (χ4v) is 3.18. The first kappa shape index (κ1) is 14.5. The predicted octanol–water partition coefficient (Wildman–Crippen LogP) is 4.31. The molecule has 1 N–H and O–H groups in total. The van der Waals surface area contributed by atoms with E-state index in [2.05, 4.69) is 5.32 Å². The molecule has 1 unspecified atom stereocenters. The maximum absolute atomic E-state index is 13.1. The molecule has 0 aliphatic heterocycles. The van der Waals surface area contributed by atoms with Gasteiger partial charge in [-0.2, -0.15) is 0 Å². The van der Waals surface area contributed by atoms with E-state index in [-0.39, 0.29) is 17.8 Å². The van der Waals surface area contributed by atoms with Crippen molar-refractivity contribution in [2.45, 2.75) is 18.9 Å². The predicted molar refractivity (Wildman–Crippen MR) is 88.5 cm³/mol. The number of nitrogens with one attached hydrogen (secondary N) is 1. The molecular weight excluding hydrogens is 380 g/mol. The van der Waals surface area contributed by atoms with Crippen LogP contribution in [0.3, 0.4) is 0 Å². The number of hydrogen-bond donors (Lipinski definition) is 1. The van der Waals surface area contributed by atoms with Crippen molar-refractivity contribution in [1.82, 2.24) is 5.32 Å². The Hall–Kier alpha value is -1.43. The molecule has 1 fully saturated rings. The topological polar surface area (TPSA) is 29.1 Å². The summed E-state index contributed by atoms with van der Waals surface area (Å²) in [4.78, 5) is 12.5. The molecule has 0 aromatic heterocycles. The summed E-state index contributed by atoms with van der Waals surface area (Å²) < 4.78 is 13.8. The number of halogens is 2. The van der Waals surface area contributed by atoms with E-state index in [1.807, 2.05) is 52.9 Å². The molecule has 0 saturated heterocycles. The summed E-state index contributed by atoms with van der Waals surface area (Å²) in [6.07, 6.45) is 2.28. The standard InChI is InChI=1S/C17H15FINO/c18-13-8-9-14(15(19)10-13)17(21)20-16(12-6-7-12)11-4-2-1-3-5-11/h1-5,8-10,12,16H,6-7H2,(H,20,21). The van der Waals surface area contributed by atoms with Gasteiger partial charge >= 0.3 is 0 Å². The van der Waals surface area contributed by atoms with Gasteiger partial charge in [-0.25, -0.2) is 4.39 Å². The van der Waals surface area contributed by atoms with Crippen molar-refractivity contribution in [3.8, 4) is 0 Å². The number of amides is 1. The Morgan fingerprint density at radius 3 is 2.52 bits per heavy atom. The van der Waals surface area contributed by atoms with Crippen molar-refractivity contribution >= 4 is 28.5 Å². The number of rotatable bonds is 4. The summed E-state index contributed by atoms with van der Waals surface area (Å²) in [5.74, 6) is 0.0485. The van der Waals surface area contributed by atoms with Gasteiger partial charge in [0.15, 0.2) is 0 Å². The van der Waals surface area contributed by atoms with Crippen LogP contribution >= 0.6 is 22.6 Å². The fraction of sp³-hybridized carbons (Fsp3) is 0.235. The molecule has 2 aromatic carbocycles.